The van der Waals surface area contributed by atoms with E-state index in [9.17, 15) is 0 Å². The quantitative estimate of drug-likeness (QED) is 0.713. The summed E-state index contributed by atoms with van der Waals surface area (Å²) >= 11 is 0. The molecular weight excluding hydrogens is 293 g/mol. The van der Waals surface area contributed by atoms with Crippen molar-refractivity contribution in [2.75, 3.05) is 0 Å². The Balaban J connectivity index is 0.000000405. The van der Waals surface area contributed by atoms with E-state index in [1.807, 2.05) is 0 Å². The van der Waals surface area contributed by atoms with Crippen LogP contribution in [0.1, 0.15) is 25.7 Å². The van der Waals surface area contributed by atoms with Crippen LogP contribution in [0.4, 0.5) is 0 Å². The average Bonchev–Trinajstić information content (AvgIpc) is 2.23. The Morgan fingerprint density at radius 2 is 1.89 bits per heavy atom. The monoisotopic (exact) mass is 306 g/mol. The zero-order chi connectivity index (χ0) is 5.56. The summed E-state index contributed by atoms with van der Waals surface area (Å²) in [6.07, 6.45) is 5.66. The Morgan fingerprint density at radius 1 is 1.11 bits per heavy atom. The predicted molar refractivity (Wildman–Crippen MR) is 33.4 cm³/mol. The van der Waals surface area contributed by atoms with Gasteiger partial charge >= 0.3 is 21.1 Å². The summed E-state index contributed by atoms with van der Waals surface area (Å²) in [6.45, 7) is 0. The van der Waals surface area contributed by atoms with Gasteiger partial charge in [0.1, 0.15) is 0 Å². The number of rotatable bonds is 0. The van der Waals surface area contributed by atoms with E-state index in [0.29, 0.717) is 6.04 Å². The normalized spacial score (nSPS) is 47.0. The van der Waals surface area contributed by atoms with Crippen molar-refractivity contribution in [3.8, 4) is 0 Å². The third-order valence-electron chi connectivity index (χ3n) is 2.79. The van der Waals surface area contributed by atoms with Crippen molar-refractivity contribution >= 4 is 0 Å². The average molecular weight is 306 g/mol. The van der Waals surface area contributed by atoms with E-state index in [0.717, 1.165) is 11.8 Å². The Hall–Kier alpha value is 0.648. The largest absolute Gasteiger partial charge is 2.00 e. The molecule has 1 nitrogen and oxygen atoms in total. The van der Waals surface area contributed by atoms with Gasteiger partial charge < -0.3 is 5.73 Å². The van der Waals surface area contributed by atoms with Crippen molar-refractivity contribution in [1.29, 1.82) is 0 Å². The molecule has 0 aliphatic heterocycles. The van der Waals surface area contributed by atoms with Crippen molar-refractivity contribution in [3.63, 3.8) is 0 Å². The van der Waals surface area contributed by atoms with Crippen LogP contribution in [0.15, 0.2) is 0 Å². The van der Waals surface area contributed by atoms with Crippen molar-refractivity contribution in [2.24, 2.45) is 17.6 Å². The second-order valence-electron chi connectivity index (χ2n) is 3.34. The summed E-state index contributed by atoms with van der Waals surface area (Å²) in [5, 5.41) is 0. The number of hydrogen-bond acceptors (Lipinski definition) is 1. The maximum absolute atomic E-state index is 5.82. The SMILES string of the molecule is NC1CC2CCC1C2.[Pt+2]. The fourth-order valence-corrected chi connectivity index (χ4v) is 2.29. The van der Waals surface area contributed by atoms with Crippen LogP contribution in [0, 0.1) is 11.8 Å². The Kier molecular flexibility index (Phi) is 2.34. The molecule has 0 spiro atoms. The predicted octanol–water partition coefficient (Wildman–Crippen LogP) is 1.13. The first-order valence-corrected chi connectivity index (χ1v) is 3.62. The van der Waals surface area contributed by atoms with Gasteiger partial charge in [0.15, 0.2) is 0 Å². The number of hydrogen-bond donors (Lipinski definition) is 1. The molecule has 54 valence electrons. The molecule has 0 saturated heterocycles. The van der Waals surface area contributed by atoms with Gasteiger partial charge in [0, 0.05) is 6.04 Å². The summed E-state index contributed by atoms with van der Waals surface area (Å²) in [5.74, 6) is 1.94. The molecule has 3 unspecified atom stereocenters. The molecule has 2 heteroatoms. The third-order valence-corrected chi connectivity index (χ3v) is 2.79. The van der Waals surface area contributed by atoms with Crippen molar-refractivity contribution in [1.82, 2.24) is 0 Å². The molecule has 0 radical (unpaired) electrons. The van der Waals surface area contributed by atoms with Crippen LogP contribution in [-0.4, -0.2) is 6.04 Å². The molecule has 0 amide bonds. The number of fused-ring (bicyclic) bond motifs is 2. The summed E-state index contributed by atoms with van der Waals surface area (Å²) < 4.78 is 0. The Morgan fingerprint density at radius 3 is 2.11 bits per heavy atom. The van der Waals surface area contributed by atoms with Gasteiger partial charge in [-0.1, -0.05) is 6.42 Å². The van der Waals surface area contributed by atoms with Gasteiger partial charge in [0.25, 0.3) is 0 Å². The Bertz CT molecular complexity index is 103. The van der Waals surface area contributed by atoms with Crippen molar-refractivity contribution < 1.29 is 21.1 Å². The van der Waals surface area contributed by atoms with Gasteiger partial charge in [-0.3, -0.25) is 0 Å². The molecule has 2 N–H and O–H groups in total. The van der Waals surface area contributed by atoms with E-state index in [1.165, 1.54) is 25.7 Å². The fraction of sp³-hybridized carbons (Fsp3) is 1.00. The van der Waals surface area contributed by atoms with Gasteiger partial charge in [-0.15, -0.1) is 0 Å². The summed E-state index contributed by atoms with van der Waals surface area (Å²) in [6, 6.07) is 0.578. The zero-order valence-corrected chi connectivity index (χ0v) is 7.73. The fourth-order valence-electron chi connectivity index (χ4n) is 2.29. The molecule has 2 saturated carbocycles. The molecule has 0 aromatic rings. The first-order chi connectivity index (χ1) is 3.86. The minimum atomic E-state index is 0. The first-order valence-electron chi connectivity index (χ1n) is 3.62. The molecule has 3 atom stereocenters. The van der Waals surface area contributed by atoms with Crippen molar-refractivity contribution in [3.05, 3.63) is 0 Å². The summed E-state index contributed by atoms with van der Waals surface area (Å²) in [7, 11) is 0. The molecule has 2 rings (SSSR count). The third kappa shape index (κ3) is 1.23. The van der Waals surface area contributed by atoms with Crippen LogP contribution >= 0.6 is 0 Å². The molecule has 0 heterocycles. The molecule has 9 heavy (non-hydrogen) atoms. The zero-order valence-electron chi connectivity index (χ0n) is 5.45. The van der Waals surface area contributed by atoms with Gasteiger partial charge in [-0.2, -0.15) is 0 Å². The second-order valence-corrected chi connectivity index (χ2v) is 3.34. The minimum absolute atomic E-state index is 0. The topological polar surface area (TPSA) is 26.0 Å². The van der Waals surface area contributed by atoms with Gasteiger partial charge in [0.2, 0.25) is 0 Å². The van der Waals surface area contributed by atoms with E-state index >= 15 is 0 Å². The van der Waals surface area contributed by atoms with Gasteiger partial charge in [-0.05, 0) is 31.1 Å². The summed E-state index contributed by atoms with van der Waals surface area (Å²) in [5.41, 5.74) is 5.82. The van der Waals surface area contributed by atoms with Crippen LogP contribution in [0.5, 0.6) is 0 Å². The molecule has 2 aliphatic carbocycles. The second kappa shape index (κ2) is 2.72. The van der Waals surface area contributed by atoms with Crippen LogP contribution in [0.25, 0.3) is 0 Å². The Labute approximate surface area is 70.6 Å². The van der Waals surface area contributed by atoms with Crippen LogP contribution in [0.3, 0.4) is 0 Å². The molecule has 0 aromatic heterocycles. The van der Waals surface area contributed by atoms with Crippen LogP contribution in [0.2, 0.25) is 0 Å². The van der Waals surface area contributed by atoms with Crippen molar-refractivity contribution in [2.45, 2.75) is 31.7 Å². The van der Waals surface area contributed by atoms with Gasteiger partial charge in [-0.25, -0.2) is 0 Å². The van der Waals surface area contributed by atoms with Crippen LogP contribution in [-0.2, 0) is 21.1 Å². The van der Waals surface area contributed by atoms with E-state index in [1.54, 1.807) is 0 Å². The van der Waals surface area contributed by atoms with E-state index in [2.05, 4.69) is 0 Å². The van der Waals surface area contributed by atoms with Crippen LogP contribution < -0.4 is 5.73 Å². The molecular formula is C7H13NPt+2. The molecule has 0 aromatic carbocycles. The maximum atomic E-state index is 5.82. The molecule has 2 aliphatic rings. The van der Waals surface area contributed by atoms with Gasteiger partial charge in [0.05, 0.1) is 0 Å². The minimum Gasteiger partial charge on any atom is -0.327 e. The smallest absolute Gasteiger partial charge is 0.327 e. The maximum Gasteiger partial charge on any atom is 2.00 e. The number of nitrogens with two attached hydrogens (primary N) is 1. The standard InChI is InChI=1S/C7H13N.Pt/c8-7-4-5-1-2-6(7)3-5;/h5-7H,1-4,8H2;/q;+2. The summed E-state index contributed by atoms with van der Waals surface area (Å²) in [4.78, 5) is 0. The van der Waals surface area contributed by atoms with E-state index in [-0.39, 0.29) is 21.1 Å². The molecule has 2 fully saturated rings. The van der Waals surface area contributed by atoms with E-state index in [4.69, 9.17) is 5.73 Å². The van der Waals surface area contributed by atoms with E-state index < -0.39 is 0 Å². The molecule has 2 bridgehead atoms. The first kappa shape index (κ1) is 7.75.